The number of hydrogen-bond donors (Lipinski definition) is 1. The highest BCUT2D eigenvalue weighted by atomic mass is 35.5. The number of benzene rings is 2. The van der Waals surface area contributed by atoms with Crippen molar-refractivity contribution >= 4 is 34.5 Å². The average molecular weight is 445 g/mol. The topological polar surface area (TPSA) is 48.5 Å². The fourth-order valence-corrected chi connectivity index (χ4v) is 4.51. The molecular formula is C22H22ClFN4OS. The van der Waals surface area contributed by atoms with E-state index in [0.29, 0.717) is 17.8 Å². The minimum absolute atomic E-state index is 0.141. The highest BCUT2D eigenvalue weighted by Crippen LogP contribution is 2.26. The maximum atomic E-state index is 13.7. The van der Waals surface area contributed by atoms with Gasteiger partial charge in [-0.15, -0.1) is 11.3 Å². The lowest BCUT2D eigenvalue weighted by atomic mass is 10.2. The summed E-state index contributed by atoms with van der Waals surface area (Å²) in [5, 5.41) is 6.17. The molecule has 0 bridgehead atoms. The van der Waals surface area contributed by atoms with Crippen LogP contribution < -0.4 is 10.2 Å². The zero-order chi connectivity index (χ0) is 20.9. The highest BCUT2D eigenvalue weighted by Gasteiger charge is 2.20. The second-order valence-corrected chi connectivity index (χ2v) is 8.47. The SMILES string of the molecule is O=C(NCc1ccccc1F)c1csc(CN2CCN(c3ccccc3Cl)CC2)n1. The lowest BCUT2D eigenvalue weighted by Crippen LogP contribution is -2.46. The van der Waals surface area contributed by atoms with E-state index in [4.69, 9.17) is 11.6 Å². The number of amides is 1. The van der Waals surface area contributed by atoms with Gasteiger partial charge in [-0.3, -0.25) is 9.69 Å². The molecule has 1 amide bonds. The first kappa shape index (κ1) is 20.8. The van der Waals surface area contributed by atoms with Gasteiger partial charge in [0, 0.05) is 43.7 Å². The van der Waals surface area contributed by atoms with Crippen LogP contribution >= 0.6 is 22.9 Å². The molecule has 3 aromatic rings. The molecule has 0 saturated carbocycles. The summed E-state index contributed by atoms with van der Waals surface area (Å²) in [7, 11) is 0. The second kappa shape index (κ2) is 9.55. The number of carbonyl (C=O) groups excluding carboxylic acids is 1. The van der Waals surface area contributed by atoms with Crippen molar-refractivity contribution in [3.8, 4) is 0 Å². The molecule has 1 fully saturated rings. The van der Waals surface area contributed by atoms with Gasteiger partial charge in [0.1, 0.15) is 16.5 Å². The molecule has 2 aromatic carbocycles. The Balaban J connectivity index is 1.28. The van der Waals surface area contributed by atoms with E-state index in [1.165, 1.54) is 17.4 Å². The molecule has 1 aromatic heterocycles. The molecule has 1 aliphatic heterocycles. The van der Waals surface area contributed by atoms with Crippen molar-refractivity contribution in [1.29, 1.82) is 0 Å². The van der Waals surface area contributed by atoms with E-state index >= 15 is 0 Å². The number of nitrogens with one attached hydrogen (secondary N) is 1. The van der Waals surface area contributed by atoms with Crippen LogP contribution in [0.3, 0.4) is 0 Å². The molecule has 0 spiro atoms. The molecular weight excluding hydrogens is 423 g/mol. The van der Waals surface area contributed by atoms with E-state index in [2.05, 4.69) is 20.1 Å². The third-order valence-corrected chi connectivity index (χ3v) is 6.26. The van der Waals surface area contributed by atoms with Crippen LogP contribution in [-0.4, -0.2) is 42.0 Å². The molecule has 8 heteroatoms. The molecule has 5 nitrogen and oxygen atoms in total. The first-order valence-corrected chi connectivity index (χ1v) is 11.0. The molecule has 30 heavy (non-hydrogen) atoms. The van der Waals surface area contributed by atoms with Crippen molar-refractivity contribution in [3.05, 3.63) is 81.0 Å². The fraction of sp³-hybridized carbons (Fsp3) is 0.273. The summed E-state index contributed by atoms with van der Waals surface area (Å²) in [6.07, 6.45) is 0. The van der Waals surface area contributed by atoms with Gasteiger partial charge in [-0.05, 0) is 18.2 Å². The Bertz CT molecular complexity index is 1020. The predicted octanol–water partition coefficient (Wildman–Crippen LogP) is 4.19. The van der Waals surface area contributed by atoms with Gasteiger partial charge in [0.2, 0.25) is 0 Å². The number of piperazine rings is 1. The van der Waals surface area contributed by atoms with E-state index in [1.807, 2.05) is 24.3 Å². The number of thiazole rings is 1. The van der Waals surface area contributed by atoms with Crippen LogP contribution in [0.4, 0.5) is 10.1 Å². The molecule has 0 aliphatic carbocycles. The summed E-state index contributed by atoms with van der Waals surface area (Å²) in [5.41, 5.74) is 1.90. The Labute approximate surface area is 184 Å². The van der Waals surface area contributed by atoms with Crippen LogP contribution in [0.25, 0.3) is 0 Å². The van der Waals surface area contributed by atoms with Crippen LogP contribution in [0.1, 0.15) is 21.1 Å². The summed E-state index contributed by atoms with van der Waals surface area (Å²) < 4.78 is 13.7. The van der Waals surface area contributed by atoms with Gasteiger partial charge < -0.3 is 10.2 Å². The highest BCUT2D eigenvalue weighted by molar-refractivity contribution is 7.09. The summed E-state index contributed by atoms with van der Waals surface area (Å²) in [6.45, 7) is 4.44. The quantitative estimate of drug-likeness (QED) is 0.619. The fourth-order valence-electron chi connectivity index (χ4n) is 3.44. The third-order valence-electron chi connectivity index (χ3n) is 5.11. The van der Waals surface area contributed by atoms with E-state index < -0.39 is 0 Å². The summed E-state index contributed by atoms with van der Waals surface area (Å²) in [6, 6.07) is 14.3. The number of aromatic nitrogens is 1. The van der Waals surface area contributed by atoms with Gasteiger partial charge in [-0.25, -0.2) is 9.37 Å². The monoisotopic (exact) mass is 444 g/mol. The van der Waals surface area contributed by atoms with Crippen molar-refractivity contribution in [2.24, 2.45) is 0 Å². The van der Waals surface area contributed by atoms with Gasteiger partial charge in [-0.1, -0.05) is 41.9 Å². The van der Waals surface area contributed by atoms with E-state index in [9.17, 15) is 9.18 Å². The van der Waals surface area contributed by atoms with E-state index in [0.717, 1.165) is 41.9 Å². The molecule has 4 rings (SSSR count). The van der Waals surface area contributed by atoms with Gasteiger partial charge in [0.15, 0.2) is 0 Å². The maximum Gasteiger partial charge on any atom is 0.271 e. The molecule has 0 unspecified atom stereocenters. The van der Waals surface area contributed by atoms with Crippen LogP contribution in [0.15, 0.2) is 53.9 Å². The normalized spacial score (nSPS) is 14.7. The predicted molar refractivity (Wildman–Crippen MR) is 119 cm³/mol. The maximum absolute atomic E-state index is 13.7. The van der Waals surface area contributed by atoms with Crippen LogP contribution in [0.2, 0.25) is 5.02 Å². The zero-order valence-electron chi connectivity index (χ0n) is 16.4. The smallest absolute Gasteiger partial charge is 0.271 e. The van der Waals surface area contributed by atoms with Crippen molar-refractivity contribution in [2.75, 3.05) is 31.1 Å². The lowest BCUT2D eigenvalue weighted by Gasteiger charge is -2.36. The molecule has 1 aliphatic rings. The number of nitrogens with zero attached hydrogens (tertiary/aromatic N) is 3. The van der Waals surface area contributed by atoms with Crippen molar-refractivity contribution in [1.82, 2.24) is 15.2 Å². The van der Waals surface area contributed by atoms with Crippen molar-refractivity contribution in [2.45, 2.75) is 13.1 Å². The molecule has 0 atom stereocenters. The van der Waals surface area contributed by atoms with Crippen LogP contribution in [-0.2, 0) is 13.1 Å². The molecule has 0 radical (unpaired) electrons. The Hall–Kier alpha value is -2.48. The van der Waals surface area contributed by atoms with E-state index in [-0.39, 0.29) is 18.3 Å². The number of carbonyl (C=O) groups is 1. The minimum atomic E-state index is -0.326. The largest absolute Gasteiger partial charge is 0.368 e. The average Bonchev–Trinajstić information content (AvgIpc) is 3.23. The van der Waals surface area contributed by atoms with Crippen molar-refractivity contribution in [3.63, 3.8) is 0 Å². The Morgan fingerprint density at radius 2 is 1.83 bits per heavy atom. The first-order valence-electron chi connectivity index (χ1n) is 9.78. The number of rotatable bonds is 6. The standard InChI is InChI=1S/C22H22ClFN4OS/c23-17-6-2-4-8-20(17)28-11-9-27(10-12-28)14-21-26-19(15-30-21)22(29)25-13-16-5-1-3-7-18(16)24/h1-8,15H,9-14H2,(H,25,29). The Morgan fingerprint density at radius 3 is 2.60 bits per heavy atom. The number of halogens is 2. The number of hydrogen-bond acceptors (Lipinski definition) is 5. The molecule has 1 saturated heterocycles. The Morgan fingerprint density at radius 1 is 1.10 bits per heavy atom. The van der Waals surface area contributed by atoms with Gasteiger partial charge in [0.05, 0.1) is 17.3 Å². The summed E-state index contributed by atoms with van der Waals surface area (Å²) >= 11 is 7.78. The second-order valence-electron chi connectivity index (χ2n) is 7.12. The first-order chi connectivity index (χ1) is 14.6. The summed E-state index contributed by atoms with van der Waals surface area (Å²) in [4.78, 5) is 21.4. The minimum Gasteiger partial charge on any atom is -0.368 e. The van der Waals surface area contributed by atoms with Crippen molar-refractivity contribution < 1.29 is 9.18 Å². The van der Waals surface area contributed by atoms with Gasteiger partial charge in [0.25, 0.3) is 5.91 Å². The van der Waals surface area contributed by atoms with E-state index in [1.54, 1.807) is 23.6 Å². The number of para-hydroxylation sites is 1. The number of anilines is 1. The molecule has 1 N–H and O–H groups in total. The third kappa shape index (κ3) is 4.98. The Kier molecular flexibility index (Phi) is 6.62. The van der Waals surface area contributed by atoms with Gasteiger partial charge in [-0.2, -0.15) is 0 Å². The zero-order valence-corrected chi connectivity index (χ0v) is 17.9. The molecule has 2 heterocycles. The lowest BCUT2D eigenvalue weighted by molar-refractivity contribution is 0.0946. The van der Waals surface area contributed by atoms with Crippen LogP contribution in [0, 0.1) is 5.82 Å². The van der Waals surface area contributed by atoms with Crippen LogP contribution in [0.5, 0.6) is 0 Å². The van der Waals surface area contributed by atoms with Gasteiger partial charge >= 0.3 is 0 Å². The molecule has 156 valence electrons. The summed E-state index contributed by atoms with van der Waals surface area (Å²) in [5.74, 6) is -0.614.